The number of benzene rings is 2. The highest BCUT2D eigenvalue weighted by molar-refractivity contribution is 7.98. The van der Waals surface area contributed by atoms with Crippen molar-refractivity contribution in [2.75, 3.05) is 32.6 Å². The third-order valence-electron chi connectivity index (χ3n) is 5.25. The van der Waals surface area contributed by atoms with Crippen molar-refractivity contribution < 1.29 is 9.53 Å². The van der Waals surface area contributed by atoms with Gasteiger partial charge in [-0.2, -0.15) is 0 Å². The second-order valence-electron chi connectivity index (χ2n) is 8.32. The Bertz CT molecular complexity index is 735. The average Bonchev–Trinajstić information content (AvgIpc) is 2.75. The summed E-state index contributed by atoms with van der Waals surface area (Å²) in [6.45, 7) is 12.3. The molecule has 0 unspecified atom stereocenters. The van der Waals surface area contributed by atoms with E-state index in [0.717, 1.165) is 38.3 Å². The second-order valence-corrected chi connectivity index (χ2v) is 9.20. The number of ketones is 1. The van der Waals surface area contributed by atoms with Crippen molar-refractivity contribution in [3.05, 3.63) is 65.7 Å². The van der Waals surface area contributed by atoms with E-state index in [4.69, 9.17) is 4.74 Å². The molecule has 0 amide bonds. The Labute approximate surface area is 180 Å². The Morgan fingerprint density at radius 3 is 2.14 bits per heavy atom. The van der Waals surface area contributed by atoms with E-state index in [2.05, 4.69) is 49.3 Å². The Morgan fingerprint density at radius 2 is 1.62 bits per heavy atom. The average molecular weight is 414 g/mol. The molecular weight excluding hydrogens is 378 g/mol. The molecule has 3 rings (SSSR count). The van der Waals surface area contributed by atoms with Crippen LogP contribution in [-0.2, 0) is 11.2 Å². The molecule has 3 nitrogen and oxygen atoms in total. The summed E-state index contributed by atoms with van der Waals surface area (Å²) in [5.74, 6) is 0.308. The van der Waals surface area contributed by atoms with Crippen molar-refractivity contribution in [3.8, 4) is 0 Å². The SMILES string of the molecule is CC(C)C(=O)c1ccccc1.CSc1ccc(CC(C)(C)N2CCOCC2)cc1. The fraction of sp³-hybridized carbons (Fsp3) is 0.480. The number of ether oxygens (including phenoxy) is 1. The molecule has 1 saturated heterocycles. The predicted molar refractivity (Wildman–Crippen MR) is 124 cm³/mol. The van der Waals surface area contributed by atoms with E-state index in [1.165, 1.54) is 10.5 Å². The highest BCUT2D eigenvalue weighted by Gasteiger charge is 2.28. The lowest BCUT2D eigenvalue weighted by Gasteiger charge is -2.41. The first-order chi connectivity index (χ1) is 13.8. The van der Waals surface area contributed by atoms with Gasteiger partial charge in [-0.1, -0.05) is 56.3 Å². The number of hydrogen-bond acceptors (Lipinski definition) is 4. The van der Waals surface area contributed by atoms with Crippen LogP contribution in [0.15, 0.2) is 59.5 Å². The summed E-state index contributed by atoms with van der Waals surface area (Å²) in [5, 5.41) is 0. The molecule has 0 N–H and O–H groups in total. The van der Waals surface area contributed by atoms with Gasteiger partial charge in [0.05, 0.1) is 13.2 Å². The van der Waals surface area contributed by atoms with E-state index in [9.17, 15) is 4.79 Å². The molecule has 0 bridgehead atoms. The standard InChI is InChI=1S/C15H23NOS.C10H12O/c1-15(2,16-8-10-17-11-9-16)12-13-4-6-14(18-3)7-5-13;1-8(2)10(11)9-6-4-3-5-7-9/h4-7H,8-12H2,1-3H3;3-8H,1-2H3. The van der Waals surface area contributed by atoms with Crippen LogP contribution in [0, 0.1) is 5.92 Å². The van der Waals surface area contributed by atoms with Gasteiger partial charge in [-0.25, -0.2) is 0 Å². The van der Waals surface area contributed by atoms with Crippen molar-refractivity contribution in [2.45, 2.75) is 44.6 Å². The summed E-state index contributed by atoms with van der Waals surface area (Å²) in [6, 6.07) is 18.3. The number of hydrogen-bond donors (Lipinski definition) is 0. The van der Waals surface area contributed by atoms with Crippen LogP contribution in [0.2, 0.25) is 0 Å². The number of thioether (sulfide) groups is 1. The molecule has 2 aromatic rings. The molecule has 4 heteroatoms. The van der Waals surface area contributed by atoms with Gasteiger partial charge < -0.3 is 4.74 Å². The molecular formula is C25H35NO2S. The predicted octanol–water partition coefficient (Wildman–Crippen LogP) is 5.59. The Kier molecular flexibility index (Phi) is 9.41. The van der Waals surface area contributed by atoms with Gasteiger partial charge in [0.1, 0.15) is 0 Å². The largest absolute Gasteiger partial charge is 0.379 e. The van der Waals surface area contributed by atoms with Crippen LogP contribution < -0.4 is 0 Å². The van der Waals surface area contributed by atoms with Gasteiger partial charge in [-0.15, -0.1) is 11.8 Å². The number of morpholine rings is 1. The van der Waals surface area contributed by atoms with Gasteiger partial charge in [0.25, 0.3) is 0 Å². The first-order valence-corrected chi connectivity index (χ1v) is 11.6. The minimum Gasteiger partial charge on any atom is -0.379 e. The Balaban J connectivity index is 0.000000234. The summed E-state index contributed by atoms with van der Waals surface area (Å²) < 4.78 is 5.43. The van der Waals surface area contributed by atoms with Crippen molar-refractivity contribution in [1.82, 2.24) is 4.90 Å². The third-order valence-corrected chi connectivity index (χ3v) is 5.99. The summed E-state index contributed by atoms with van der Waals surface area (Å²) in [4.78, 5) is 15.2. The van der Waals surface area contributed by atoms with E-state index < -0.39 is 0 Å². The fourth-order valence-corrected chi connectivity index (χ4v) is 3.87. The monoisotopic (exact) mass is 413 g/mol. The smallest absolute Gasteiger partial charge is 0.165 e. The first-order valence-electron chi connectivity index (χ1n) is 10.4. The van der Waals surface area contributed by atoms with E-state index in [1.807, 2.05) is 44.2 Å². The molecule has 29 heavy (non-hydrogen) atoms. The topological polar surface area (TPSA) is 29.5 Å². The molecule has 0 spiro atoms. The zero-order valence-corrected chi connectivity index (χ0v) is 19.3. The lowest BCUT2D eigenvalue weighted by molar-refractivity contribution is -0.00984. The number of nitrogens with zero attached hydrogens (tertiary/aromatic N) is 1. The van der Waals surface area contributed by atoms with Crippen LogP contribution in [0.3, 0.4) is 0 Å². The number of carbonyl (C=O) groups is 1. The van der Waals surface area contributed by atoms with Crippen LogP contribution in [0.25, 0.3) is 0 Å². The summed E-state index contributed by atoms with van der Waals surface area (Å²) in [6.07, 6.45) is 3.22. The van der Waals surface area contributed by atoms with Crippen molar-refractivity contribution in [2.24, 2.45) is 5.92 Å². The minimum absolute atomic E-state index is 0.0948. The number of Topliss-reactive ketones (excluding diaryl/α,β-unsaturated/α-hetero) is 1. The molecule has 1 aliphatic rings. The molecule has 158 valence electrons. The Morgan fingerprint density at radius 1 is 1.03 bits per heavy atom. The molecule has 0 atom stereocenters. The van der Waals surface area contributed by atoms with E-state index >= 15 is 0 Å². The van der Waals surface area contributed by atoms with Crippen LogP contribution >= 0.6 is 11.8 Å². The molecule has 0 aromatic heterocycles. The van der Waals surface area contributed by atoms with E-state index in [-0.39, 0.29) is 17.2 Å². The van der Waals surface area contributed by atoms with Crippen LogP contribution in [0.1, 0.15) is 43.6 Å². The highest BCUT2D eigenvalue weighted by atomic mass is 32.2. The van der Waals surface area contributed by atoms with Gasteiger partial charge in [-0.05, 0) is 44.2 Å². The lowest BCUT2D eigenvalue weighted by Crippen LogP contribution is -2.51. The van der Waals surface area contributed by atoms with Gasteiger partial charge in [0, 0.05) is 35.0 Å². The highest BCUT2D eigenvalue weighted by Crippen LogP contribution is 2.23. The van der Waals surface area contributed by atoms with E-state index in [1.54, 1.807) is 11.8 Å². The molecule has 1 fully saturated rings. The molecule has 2 aromatic carbocycles. The van der Waals surface area contributed by atoms with Gasteiger partial charge >= 0.3 is 0 Å². The van der Waals surface area contributed by atoms with Gasteiger partial charge in [0.2, 0.25) is 0 Å². The lowest BCUT2D eigenvalue weighted by atomic mass is 9.92. The molecule has 1 aliphatic heterocycles. The maximum absolute atomic E-state index is 11.3. The van der Waals surface area contributed by atoms with Crippen molar-refractivity contribution in [3.63, 3.8) is 0 Å². The van der Waals surface area contributed by atoms with Crippen LogP contribution in [0.5, 0.6) is 0 Å². The molecule has 0 saturated carbocycles. The quantitative estimate of drug-likeness (QED) is 0.456. The molecule has 0 aliphatic carbocycles. The third kappa shape index (κ3) is 7.61. The molecule has 1 heterocycles. The van der Waals surface area contributed by atoms with Gasteiger partial charge in [0.15, 0.2) is 5.78 Å². The van der Waals surface area contributed by atoms with Gasteiger partial charge in [-0.3, -0.25) is 9.69 Å². The summed E-state index contributed by atoms with van der Waals surface area (Å²) >= 11 is 1.80. The maximum Gasteiger partial charge on any atom is 0.165 e. The van der Waals surface area contributed by atoms with E-state index in [0.29, 0.717) is 0 Å². The zero-order chi connectivity index (χ0) is 21.3. The minimum atomic E-state index is 0.0948. The number of rotatable bonds is 6. The van der Waals surface area contributed by atoms with Crippen molar-refractivity contribution in [1.29, 1.82) is 0 Å². The second kappa shape index (κ2) is 11.5. The Hall–Kier alpha value is -1.62. The fourth-order valence-electron chi connectivity index (χ4n) is 3.46. The van der Waals surface area contributed by atoms with Crippen LogP contribution in [-0.4, -0.2) is 48.8 Å². The number of carbonyl (C=O) groups excluding carboxylic acids is 1. The normalized spacial score (nSPS) is 15.0. The summed E-state index contributed by atoms with van der Waals surface area (Å²) in [5.41, 5.74) is 2.44. The summed E-state index contributed by atoms with van der Waals surface area (Å²) in [7, 11) is 0. The van der Waals surface area contributed by atoms with Crippen LogP contribution in [0.4, 0.5) is 0 Å². The first kappa shape index (κ1) is 23.7. The molecule has 0 radical (unpaired) electrons. The van der Waals surface area contributed by atoms with Crippen molar-refractivity contribution >= 4 is 17.5 Å². The maximum atomic E-state index is 11.3. The zero-order valence-electron chi connectivity index (χ0n) is 18.5.